The van der Waals surface area contributed by atoms with Crippen LogP contribution in [-0.4, -0.2) is 16.8 Å². The predicted octanol–water partition coefficient (Wildman–Crippen LogP) is 1.29. The minimum atomic E-state index is -1.62. The van der Waals surface area contributed by atoms with Gasteiger partial charge in [-0.3, -0.25) is 0 Å². The Morgan fingerprint density at radius 2 is 2.25 bits per heavy atom. The van der Waals surface area contributed by atoms with Gasteiger partial charge >= 0.3 is 0 Å². The highest BCUT2D eigenvalue weighted by Crippen LogP contribution is 2.61. The van der Waals surface area contributed by atoms with Crippen LogP contribution in [0.15, 0.2) is 0 Å². The van der Waals surface area contributed by atoms with E-state index in [1.165, 1.54) is 0 Å². The van der Waals surface area contributed by atoms with Gasteiger partial charge in [-0.25, -0.2) is 4.39 Å². The van der Waals surface area contributed by atoms with Crippen LogP contribution >= 0.6 is 11.6 Å². The third kappa shape index (κ3) is 0.633. The van der Waals surface area contributed by atoms with E-state index in [4.69, 9.17) is 16.7 Å². The van der Waals surface area contributed by atoms with Crippen LogP contribution in [0.1, 0.15) is 13.3 Å². The number of rotatable bonds is 1. The summed E-state index contributed by atoms with van der Waals surface area (Å²) in [4.78, 5) is 0. The Bertz CT molecular complexity index is 115. The zero-order valence-corrected chi connectivity index (χ0v) is 5.37. The van der Waals surface area contributed by atoms with Crippen molar-refractivity contribution in [3.63, 3.8) is 0 Å². The highest BCUT2D eigenvalue weighted by Gasteiger charge is 2.64. The van der Waals surface area contributed by atoms with E-state index in [2.05, 4.69) is 0 Å². The maximum atomic E-state index is 12.5. The molecule has 1 fully saturated rings. The van der Waals surface area contributed by atoms with Crippen LogP contribution in [-0.2, 0) is 0 Å². The SMILES string of the molecule is C[C@]1(CO)C[C@@]1(F)Cl. The molecule has 0 bridgehead atoms. The minimum Gasteiger partial charge on any atom is -0.396 e. The van der Waals surface area contributed by atoms with Gasteiger partial charge in [0.05, 0.1) is 6.61 Å². The van der Waals surface area contributed by atoms with Crippen molar-refractivity contribution >= 4 is 11.6 Å². The lowest BCUT2D eigenvalue weighted by Crippen LogP contribution is -2.09. The van der Waals surface area contributed by atoms with Crippen molar-refractivity contribution in [2.24, 2.45) is 5.41 Å². The Hall–Kier alpha value is 0.180. The van der Waals surface area contributed by atoms with Crippen LogP contribution in [0.3, 0.4) is 0 Å². The average Bonchev–Trinajstić information content (AvgIpc) is 2.10. The molecule has 1 N–H and O–H groups in total. The number of aliphatic hydroxyl groups excluding tert-OH is 1. The molecule has 1 aliphatic rings. The third-order valence-corrected chi connectivity index (χ3v) is 2.31. The largest absolute Gasteiger partial charge is 0.396 e. The van der Waals surface area contributed by atoms with Crippen LogP contribution < -0.4 is 0 Å². The van der Waals surface area contributed by atoms with E-state index in [0.29, 0.717) is 0 Å². The zero-order valence-electron chi connectivity index (χ0n) is 4.62. The first kappa shape index (κ1) is 6.30. The molecule has 0 amide bonds. The van der Waals surface area contributed by atoms with Gasteiger partial charge in [0.15, 0.2) is 5.13 Å². The van der Waals surface area contributed by atoms with E-state index in [9.17, 15) is 4.39 Å². The zero-order chi connectivity index (χ0) is 6.41. The van der Waals surface area contributed by atoms with Gasteiger partial charge in [0, 0.05) is 11.8 Å². The lowest BCUT2D eigenvalue weighted by atomic mass is 10.2. The van der Waals surface area contributed by atoms with Crippen LogP contribution in [0, 0.1) is 5.41 Å². The molecule has 0 aliphatic heterocycles. The molecule has 8 heavy (non-hydrogen) atoms. The monoisotopic (exact) mass is 138 g/mol. The number of hydrogen-bond donors (Lipinski definition) is 1. The number of aliphatic hydroxyl groups is 1. The fourth-order valence-electron chi connectivity index (χ4n) is 0.617. The van der Waals surface area contributed by atoms with Crippen LogP contribution in [0.25, 0.3) is 0 Å². The van der Waals surface area contributed by atoms with Gasteiger partial charge in [0.1, 0.15) is 0 Å². The fourth-order valence-corrected chi connectivity index (χ4v) is 0.972. The van der Waals surface area contributed by atoms with Crippen molar-refractivity contribution < 1.29 is 9.50 Å². The molecule has 3 heteroatoms. The van der Waals surface area contributed by atoms with Crippen LogP contribution in [0.4, 0.5) is 4.39 Å². The summed E-state index contributed by atoms with van der Waals surface area (Å²) in [7, 11) is 0. The molecule has 0 spiro atoms. The molecule has 0 saturated heterocycles. The van der Waals surface area contributed by atoms with Crippen molar-refractivity contribution in [3.8, 4) is 0 Å². The van der Waals surface area contributed by atoms with E-state index in [0.717, 1.165) is 0 Å². The van der Waals surface area contributed by atoms with E-state index < -0.39 is 10.5 Å². The van der Waals surface area contributed by atoms with Gasteiger partial charge in [-0.05, 0) is 0 Å². The van der Waals surface area contributed by atoms with E-state index >= 15 is 0 Å². The molecule has 2 atom stereocenters. The van der Waals surface area contributed by atoms with Gasteiger partial charge < -0.3 is 5.11 Å². The van der Waals surface area contributed by atoms with Crippen molar-refractivity contribution in [1.29, 1.82) is 0 Å². The Morgan fingerprint density at radius 1 is 1.88 bits per heavy atom. The Labute approximate surface area is 52.5 Å². The standard InChI is InChI=1S/C5H8ClFO/c1-4(3-8)2-5(4,6)7/h8H,2-3H2,1H3/t4-,5+/m1/s1. The van der Waals surface area contributed by atoms with Crippen molar-refractivity contribution in [2.45, 2.75) is 18.5 Å². The summed E-state index contributed by atoms with van der Waals surface area (Å²) in [5.74, 6) is 0. The molecule has 1 nitrogen and oxygen atoms in total. The normalized spacial score (nSPS) is 54.0. The maximum absolute atomic E-state index is 12.5. The molecule has 1 rings (SSSR count). The average molecular weight is 139 g/mol. The summed E-state index contributed by atoms with van der Waals surface area (Å²) >= 11 is 5.22. The van der Waals surface area contributed by atoms with E-state index in [1.807, 2.05) is 0 Å². The second-order valence-electron chi connectivity index (χ2n) is 2.60. The molecule has 0 radical (unpaired) electrons. The number of halogens is 2. The van der Waals surface area contributed by atoms with Crippen molar-refractivity contribution in [3.05, 3.63) is 0 Å². The lowest BCUT2D eigenvalue weighted by Gasteiger charge is -2.03. The van der Waals surface area contributed by atoms with Crippen LogP contribution in [0.5, 0.6) is 0 Å². The summed E-state index contributed by atoms with van der Waals surface area (Å²) < 4.78 is 12.5. The Morgan fingerprint density at radius 3 is 2.25 bits per heavy atom. The fraction of sp³-hybridized carbons (Fsp3) is 1.00. The van der Waals surface area contributed by atoms with E-state index in [-0.39, 0.29) is 13.0 Å². The molecule has 1 aliphatic carbocycles. The molecule has 0 aromatic carbocycles. The van der Waals surface area contributed by atoms with E-state index in [1.54, 1.807) is 6.92 Å². The number of hydrogen-bond acceptors (Lipinski definition) is 1. The summed E-state index contributed by atoms with van der Waals surface area (Å²) in [6.07, 6.45) is 0.276. The third-order valence-electron chi connectivity index (χ3n) is 1.72. The quantitative estimate of drug-likeness (QED) is 0.542. The van der Waals surface area contributed by atoms with Gasteiger partial charge in [-0.2, -0.15) is 0 Å². The first-order valence-corrected chi connectivity index (χ1v) is 2.88. The summed E-state index contributed by atoms with van der Waals surface area (Å²) in [5, 5.41) is 6.85. The molecule has 0 aromatic rings. The molecule has 48 valence electrons. The minimum absolute atomic E-state index is 0.160. The molecular formula is C5H8ClFO. The topological polar surface area (TPSA) is 20.2 Å². The molecule has 0 heterocycles. The second-order valence-corrected chi connectivity index (χ2v) is 3.20. The van der Waals surface area contributed by atoms with Crippen molar-refractivity contribution in [1.82, 2.24) is 0 Å². The van der Waals surface area contributed by atoms with Gasteiger partial charge in [0.25, 0.3) is 0 Å². The maximum Gasteiger partial charge on any atom is 0.192 e. The molecule has 0 aromatic heterocycles. The van der Waals surface area contributed by atoms with Crippen molar-refractivity contribution in [2.75, 3.05) is 6.61 Å². The summed E-state index contributed by atoms with van der Waals surface area (Å²) in [6.45, 7) is 1.47. The Kier molecular flexibility index (Phi) is 1.07. The second kappa shape index (κ2) is 1.36. The molecule has 0 unspecified atom stereocenters. The first-order valence-electron chi connectivity index (χ1n) is 2.50. The van der Waals surface area contributed by atoms with Gasteiger partial charge in [-0.15, -0.1) is 0 Å². The first-order chi connectivity index (χ1) is 3.52. The smallest absolute Gasteiger partial charge is 0.192 e. The number of alkyl halides is 2. The summed E-state index contributed by atoms with van der Waals surface area (Å²) in [6, 6.07) is 0. The molecule has 1 saturated carbocycles. The molecular weight excluding hydrogens is 131 g/mol. The highest BCUT2D eigenvalue weighted by atomic mass is 35.5. The Balaban J connectivity index is 2.55. The highest BCUT2D eigenvalue weighted by molar-refractivity contribution is 6.25. The predicted molar refractivity (Wildman–Crippen MR) is 29.5 cm³/mol. The summed E-state index contributed by atoms with van der Waals surface area (Å²) in [5.41, 5.74) is -0.658. The van der Waals surface area contributed by atoms with Gasteiger partial charge in [-0.1, -0.05) is 18.5 Å². The van der Waals surface area contributed by atoms with Gasteiger partial charge in [0.2, 0.25) is 0 Å². The lowest BCUT2D eigenvalue weighted by molar-refractivity contribution is 0.187. The van der Waals surface area contributed by atoms with Crippen LogP contribution in [0.2, 0.25) is 0 Å².